The molecule has 1 N–H and O–H groups in total. The Hall–Kier alpha value is -1.08. The zero-order chi connectivity index (χ0) is 11.2. The maximum absolute atomic E-state index is 11.4. The summed E-state index contributed by atoms with van der Waals surface area (Å²) < 4.78 is 4.79. The lowest BCUT2D eigenvalue weighted by molar-refractivity contribution is -0.151. The number of hydrogen-bond donors (Lipinski definition) is 1. The zero-order valence-electron chi connectivity index (χ0n) is 8.91. The van der Waals surface area contributed by atoms with Crippen LogP contribution in [0, 0.1) is 16.7 Å². The van der Waals surface area contributed by atoms with Crippen LogP contribution in [0.4, 0.5) is 0 Å². The van der Waals surface area contributed by atoms with Gasteiger partial charge in [-0.15, -0.1) is 0 Å². The molecule has 14 heavy (non-hydrogen) atoms. The Kier molecular flexibility index (Phi) is 5.18. The molecule has 80 valence electrons. The van der Waals surface area contributed by atoms with Crippen molar-refractivity contribution < 1.29 is 14.6 Å². The van der Waals surface area contributed by atoms with Crippen molar-refractivity contribution in [3.63, 3.8) is 0 Å². The van der Waals surface area contributed by atoms with Gasteiger partial charge in [0, 0.05) is 0 Å². The van der Waals surface area contributed by atoms with E-state index in [0.717, 1.165) is 0 Å². The first-order valence-electron chi connectivity index (χ1n) is 4.72. The van der Waals surface area contributed by atoms with E-state index < -0.39 is 17.5 Å². The van der Waals surface area contributed by atoms with Gasteiger partial charge in [0.15, 0.2) is 5.41 Å². The molecule has 0 saturated heterocycles. The third-order valence-corrected chi connectivity index (χ3v) is 2.03. The van der Waals surface area contributed by atoms with E-state index in [1.807, 2.05) is 6.07 Å². The van der Waals surface area contributed by atoms with Crippen molar-refractivity contribution in [1.29, 1.82) is 5.26 Å². The van der Waals surface area contributed by atoms with Crippen LogP contribution in [-0.4, -0.2) is 23.8 Å². The predicted octanol–water partition coefficient (Wildman–Crippen LogP) is 1.24. The van der Waals surface area contributed by atoms with Gasteiger partial charge in [-0.25, -0.2) is 0 Å². The lowest BCUT2D eigenvalue weighted by Gasteiger charge is -2.19. The van der Waals surface area contributed by atoms with Gasteiger partial charge < -0.3 is 9.84 Å². The number of esters is 1. The third kappa shape index (κ3) is 3.75. The van der Waals surface area contributed by atoms with Crippen LogP contribution in [0.1, 0.15) is 33.6 Å². The predicted molar refractivity (Wildman–Crippen MR) is 51.3 cm³/mol. The van der Waals surface area contributed by atoms with Gasteiger partial charge in [0.05, 0.1) is 18.8 Å². The molecule has 0 heterocycles. The topological polar surface area (TPSA) is 70.3 Å². The summed E-state index contributed by atoms with van der Waals surface area (Å²) in [5.74, 6) is -0.511. The highest BCUT2D eigenvalue weighted by atomic mass is 16.5. The Balaban J connectivity index is 4.33. The van der Waals surface area contributed by atoms with Crippen molar-refractivity contribution in [2.75, 3.05) is 6.61 Å². The first kappa shape index (κ1) is 12.9. The quantitative estimate of drug-likeness (QED) is 0.676. The van der Waals surface area contributed by atoms with E-state index in [1.54, 1.807) is 13.8 Å². The smallest absolute Gasteiger partial charge is 0.326 e. The van der Waals surface area contributed by atoms with E-state index in [0.29, 0.717) is 12.8 Å². The summed E-state index contributed by atoms with van der Waals surface area (Å²) in [6.07, 6.45) is 0.236. The molecule has 0 rings (SSSR count). The Bertz CT molecular complexity index is 232. The SMILES string of the molecule is CCOC(=O)C(C)(C#N)CCC(C)O. The first-order valence-corrected chi connectivity index (χ1v) is 4.72. The molecule has 0 amide bonds. The van der Waals surface area contributed by atoms with Gasteiger partial charge in [-0.1, -0.05) is 0 Å². The summed E-state index contributed by atoms with van der Waals surface area (Å²) >= 11 is 0. The largest absolute Gasteiger partial charge is 0.465 e. The number of hydrogen-bond acceptors (Lipinski definition) is 4. The summed E-state index contributed by atoms with van der Waals surface area (Å²) in [6, 6.07) is 1.93. The molecule has 0 aromatic heterocycles. The summed E-state index contributed by atoms with van der Waals surface area (Å²) in [5, 5.41) is 17.9. The van der Waals surface area contributed by atoms with Crippen molar-refractivity contribution in [2.24, 2.45) is 5.41 Å². The Morgan fingerprint density at radius 2 is 2.29 bits per heavy atom. The van der Waals surface area contributed by atoms with Crippen molar-refractivity contribution >= 4 is 5.97 Å². The van der Waals surface area contributed by atoms with E-state index in [9.17, 15) is 4.79 Å². The number of rotatable bonds is 5. The van der Waals surface area contributed by atoms with Gasteiger partial charge >= 0.3 is 5.97 Å². The van der Waals surface area contributed by atoms with Crippen LogP contribution in [0.3, 0.4) is 0 Å². The average molecular weight is 199 g/mol. The van der Waals surface area contributed by atoms with Crippen LogP contribution in [0.5, 0.6) is 0 Å². The van der Waals surface area contributed by atoms with Crippen LogP contribution < -0.4 is 0 Å². The van der Waals surface area contributed by atoms with Gasteiger partial charge in [0.2, 0.25) is 0 Å². The number of carbonyl (C=O) groups is 1. The van der Waals surface area contributed by atoms with Gasteiger partial charge in [-0.05, 0) is 33.6 Å². The molecule has 0 aliphatic carbocycles. The number of aliphatic hydroxyl groups excluding tert-OH is 1. The number of nitrogens with zero attached hydrogens (tertiary/aromatic N) is 1. The van der Waals surface area contributed by atoms with E-state index in [2.05, 4.69) is 0 Å². The second kappa shape index (κ2) is 5.61. The zero-order valence-corrected chi connectivity index (χ0v) is 8.91. The van der Waals surface area contributed by atoms with E-state index in [-0.39, 0.29) is 6.61 Å². The van der Waals surface area contributed by atoms with Crippen LogP contribution in [-0.2, 0) is 9.53 Å². The fraction of sp³-hybridized carbons (Fsp3) is 0.800. The molecule has 0 radical (unpaired) electrons. The molecule has 0 aliphatic rings. The van der Waals surface area contributed by atoms with E-state index in [4.69, 9.17) is 15.1 Å². The molecule has 0 bridgehead atoms. The monoisotopic (exact) mass is 199 g/mol. The Morgan fingerprint density at radius 3 is 2.64 bits per heavy atom. The van der Waals surface area contributed by atoms with Crippen LogP contribution in [0.25, 0.3) is 0 Å². The van der Waals surface area contributed by atoms with Crippen LogP contribution >= 0.6 is 0 Å². The van der Waals surface area contributed by atoms with Crippen molar-refractivity contribution in [1.82, 2.24) is 0 Å². The summed E-state index contributed by atoms with van der Waals surface area (Å²) in [4.78, 5) is 11.4. The summed E-state index contributed by atoms with van der Waals surface area (Å²) in [6.45, 7) is 5.13. The molecule has 2 atom stereocenters. The highest BCUT2D eigenvalue weighted by Crippen LogP contribution is 2.24. The Morgan fingerprint density at radius 1 is 1.71 bits per heavy atom. The lowest BCUT2D eigenvalue weighted by Crippen LogP contribution is -2.29. The van der Waals surface area contributed by atoms with Gasteiger partial charge in [-0.3, -0.25) is 4.79 Å². The molecule has 4 nitrogen and oxygen atoms in total. The molecule has 0 saturated carbocycles. The minimum atomic E-state index is -1.13. The standard InChI is InChI=1S/C10H17NO3/c1-4-14-9(13)10(3,7-11)6-5-8(2)12/h8,12H,4-6H2,1-3H3. The fourth-order valence-electron chi connectivity index (χ4n) is 0.992. The molecule has 0 aromatic carbocycles. The molecule has 2 unspecified atom stereocenters. The minimum Gasteiger partial charge on any atom is -0.465 e. The molecule has 0 aromatic rings. The molecule has 4 heteroatoms. The Labute approximate surface area is 84.5 Å². The number of aliphatic hydroxyl groups is 1. The normalized spacial score (nSPS) is 16.5. The van der Waals surface area contributed by atoms with Crippen molar-refractivity contribution in [3.8, 4) is 6.07 Å². The van der Waals surface area contributed by atoms with Crippen LogP contribution in [0.2, 0.25) is 0 Å². The van der Waals surface area contributed by atoms with Gasteiger partial charge in [-0.2, -0.15) is 5.26 Å². The number of nitriles is 1. The minimum absolute atomic E-state index is 0.269. The molecular formula is C10H17NO3. The van der Waals surface area contributed by atoms with Crippen LogP contribution in [0.15, 0.2) is 0 Å². The average Bonchev–Trinajstić information content (AvgIpc) is 2.14. The lowest BCUT2D eigenvalue weighted by atomic mass is 9.86. The fourth-order valence-corrected chi connectivity index (χ4v) is 0.992. The molecular weight excluding hydrogens is 182 g/mol. The van der Waals surface area contributed by atoms with E-state index >= 15 is 0 Å². The third-order valence-electron chi connectivity index (χ3n) is 2.03. The molecule has 0 aliphatic heterocycles. The second-order valence-corrected chi connectivity index (χ2v) is 3.55. The first-order chi connectivity index (χ1) is 6.46. The molecule has 0 spiro atoms. The highest BCUT2D eigenvalue weighted by Gasteiger charge is 2.34. The van der Waals surface area contributed by atoms with Crippen molar-refractivity contribution in [3.05, 3.63) is 0 Å². The van der Waals surface area contributed by atoms with Crippen molar-refractivity contribution in [2.45, 2.75) is 39.7 Å². The summed E-state index contributed by atoms with van der Waals surface area (Å²) in [5.41, 5.74) is -1.13. The van der Waals surface area contributed by atoms with Gasteiger partial charge in [0.1, 0.15) is 0 Å². The van der Waals surface area contributed by atoms with Gasteiger partial charge in [0.25, 0.3) is 0 Å². The maximum atomic E-state index is 11.4. The summed E-state index contributed by atoms with van der Waals surface area (Å²) in [7, 11) is 0. The maximum Gasteiger partial charge on any atom is 0.326 e. The second-order valence-electron chi connectivity index (χ2n) is 3.55. The highest BCUT2D eigenvalue weighted by molar-refractivity contribution is 5.79. The number of ether oxygens (including phenoxy) is 1. The number of carbonyl (C=O) groups excluding carboxylic acids is 1. The molecule has 0 fully saturated rings. The van der Waals surface area contributed by atoms with E-state index in [1.165, 1.54) is 6.92 Å².